The molecular weight excluding hydrogens is 333 g/mol. The quantitative estimate of drug-likeness (QED) is 0.561. The molecule has 0 aromatic heterocycles. The van der Waals surface area contributed by atoms with Gasteiger partial charge in [-0.2, -0.15) is 0 Å². The maximum atomic E-state index is 3.26. The third-order valence-electron chi connectivity index (χ3n) is 2.59. The third kappa shape index (κ3) is 3.05. The number of benzene rings is 2. The molecule has 0 fully saturated rings. The van der Waals surface area contributed by atoms with Gasteiger partial charge in [-0.05, 0) is 46.9 Å². The van der Waals surface area contributed by atoms with E-state index >= 15 is 0 Å². The first kappa shape index (κ1) is 13.0. The van der Waals surface area contributed by atoms with Gasteiger partial charge in [0.25, 0.3) is 0 Å². The predicted octanol–water partition coefficient (Wildman–Crippen LogP) is 3.76. The Hall–Kier alpha value is -1.47. The second kappa shape index (κ2) is 5.92. The monoisotopic (exact) mass is 347 g/mol. The lowest BCUT2D eigenvalue weighted by Gasteiger charge is -2.13. The summed E-state index contributed by atoms with van der Waals surface area (Å²) in [4.78, 5) is 2.08. The van der Waals surface area contributed by atoms with Crippen molar-refractivity contribution in [3.05, 3.63) is 63.2 Å². The molecule has 2 aromatic rings. The van der Waals surface area contributed by atoms with Crippen LogP contribution in [-0.4, -0.2) is 14.1 Å². The van der Waals surface area contributed by atoms with Crippen LogP contribution < -0.4 is 4.90 Å². The van der Waals surface area contributed by atoms with Gasteiger partial charge in [0.1, 0.15) is 0 Å². The van der Waals surface area contributed by atoms with Crippen molar-refractivity contribution in [1.29, 1.82) is 0 Å². The van der Waals surface area contributed by atoms with Crippen LogP contribution >= 0.6 is 22.6 Å². The molecule has 0 atom stereocenters. The summed E-state index contributed by atoms with van der Waals surface area (Å²) >= 11 is 2.31. The molecular formula is C16H14IN. The summed E-state index contributed by atoms with van der Waals surface area (Å²) in [5.41, 5.74) is 3.28. The van der Waals surface area contributed by atoms with E-state index in [-0.39, 0.29) is 0 Å². The van der Waals surface area contributed by atoms with E-state index < -0.39 is 0 Å². The van der Waals surface area contributed by atoms with Crippen LogP contribution in [-0.2, 0) is 0 Å². The molecule has 0 bridgehead atoms. The Morgan fingerprint density at radius 3 is 2.06 bits per heavy atom. The van der Waals surface area contributed by atoms with E-state index in [1.54, 1.807) is 0 Å². The van der Waals surface area contributed by atoms with Crippen LogP contribution in [0.25, 0.3) is 0 Å². The van der Waals surface area contributed by atoms with E-state index in [0.717, 1.165) is 16.8 Å². The molecule has 90 valence electrons. The zero-order valence-corrected chi connectivity index (χ0v) is 12.6. The summed E-state index contributed by atoms with van der Waals surface area (Å²) in [5.74, 6) is 6.50. The lowest BCUT2D eigenvalue weighted by atomic mass is 10.1. The van der Waals surface area contributed by atoms with Gasteiger partial charge in [-0.1, -0.05) is 36.1 Å². The Bertz CT molecular complexity index is 606. The van der Waals surface area contributed by atoms with Gasteiger partial charge in [0.05, 0.1) is 5.69 Å². The van der Waals surface area contributed by atoms with E-state index in [0.29, 0.717) is 0 Å². The molecule has 0 aliphatic heterocycles. The van der Waals surface area contributed by atoms with Crippen LogP contribution in [0.1, 0.15) is 11.1 Å². The molecule has 0 radical (unpaired) electrons. The molecule has 0 amide bonds. The highest BCUT2D eigenvalue weighted by atomic mass is 127. The maximum Gasteiger partial charge on any atom is 0.0520 e. The number of anilines is 1. The van der Waals surface area contributed by atoms with Crippen molar-refractivity contribution in [1.82, 2.24) is 0 Å². The maximum absolute atomic E-state index is 3.26. The minimum Gasteiger partial charge on any atom is -0.377 e. The van der Waals surface area contributed by atoms with E-state index in [2.05, 4.69) is 57.5 Å². The van der Waals surface area contributed by atoms with Crippen molar-refractivity contribution in [3.8, 4) is 11.8 Å². The Labute approximate surface area is 122 Å². The Balaban J connectivity index is 2.39. The molecule has 0 aliphatic carbocycles. The molecule has 18 heavy (non-hydrogen) atoms. The molecule has 2 heteroatoms. The van der Waals surface area contributed by atoms with Gasteiger partial charge >= 0.3 is 0 Å². The van der Waals surface area contributed by atoms with Gasteiger partial charge in [0.2, 0.25) is 0 Å². The number of nitrogens with zero attached hydrogens (tertiary/aromatic N) is 1. The van der Waals surface area contributed by atoms with Gasteiger partial charge in [-0.15, -0.1) is 0 Å². The number of para-hydroxylation sites is 1. The molecule has 0 spiro atoms. The number of halogens is 1. The van der Waals surface area contributed by atoms with Gasteiger partial charge in [0, 0.05) is 28.8 Å². The fraction of sp³-hybridized carbons (Fsp3) is 0.125. The highest BCUT2D eigenvalue weighted by molar-refractivity contribution is 14.1. The molecule has 0 saturated carbocycles. The number of hydrogen-bond donors (Lipinski definition) is 0. The van der Waals surface area contributed by atoms with Crippen LogP contribution in [0.15, 0.2) is 48.5 Å². The van der Waals surface area contributed by atoms with Crippen LogP contribution in [0, 0.1) is 15.4 Å². The average Bonchev–Trinajstić information content (AvgIpc) is 2.38. The highest BCUT2D eigenvalue weighted by Gasteiger charge is 2.00. The van der Waals surface area contributed by atoms with E-state index in [1.165, 1.54) is 3.57 Å². The summed E-state index contributed by atoms with van der Waals surface area (Å²) in [6, 6.07) is 16.4. The minimum absolute atomic E-state index is 1.06. The van der Waals surface area contributed by atoms with Crippen LogP contribution in [0.5, 0.6) is 0 Å². The molecule has 0 N–H and O–H groups in total. The van der Waals surface area contributed by atoms with Gasteiger partial charge < -0.3 is 4.90 Å². The highest BCUT2D eigenvalue weighted by Crippen LogP contribution is 2.17. The molecule has 2 rings (SSSR count). The predicted molar refractivity (Wildman–Crippen MR) is 85.9 cm³/mol. The van der Waals surface area contributed by atoms with E-state index in [9.17, 15) is 0 Å². The minimum atomic E-state index is 1.06. The van der Waals surface area contributed by atoms with Crippen LogP contribution in [0.4, 0.5) is 5.69 Å². The fourth-order valence-corrected chi connectivity index (χ4v) is 2.19. The molecule has 1 nitrogen and oxygen atoms in total. The van der Waals surface area contributed by atoms with Crippen molar-refractivity contribution >= 4 is 28.3 Å². The third-order valence-corrected chi connectivity index (χ3v) is 3.53. The molecule has 0 saturated heterocycles. The van der Waals surface area contributed by atoms with Crippen molar-refractivity contribution in [2.45, 2.75) is 0 Å². The summed E-state index contributed by atoms with van der Waals surface area (Å²) in [7, 11) is 4.07. The first-order chi connectivity index (χ1) is 8.68. The summed E-state index contributed by atoms with van der Waals surface area (Å²) in [6.07, 6.45) is 0. The summed E-state index contributed by atoms with van der Waals surface area (Å²) in [5, 5.41) is 0. The van der Waals surface area contributed by atoms with Crippen molar-refractivity contribution < 1.29 is 0 Å². The van der Waals surface area contributed by atoms with E-state index in [4.69, 9.17) is 0 Å². The SMILES string of the molecule is CN(C)c1ccccc1C#Cc1ccccc1I. The zero-order valence-electron chi connectivity index (χ0n) is 10.4. The molecule has 0 aliphatic rings. The first-order valence-electron chi connectivity index (χ1n) is 5.71. The topological polar surface area (TPSA) is 3.24 Å². The van der Waals surface area contributed by atoms with Gasteiger partial charge in [0.15, 0.2) is 0 Å². The second-order valence-electron chi connectivity index (χ2n) is 4.14. The van der Waals surface area contributed by atoms with Gasteiger partial charge in [-0.25, -0.2) is 0 Å². The lowest BCUT2D eigenvalue weighted by molar-refractivity contribution is 1.13. The molecule has 0 heterocycles. The molecule has 0 unspecified atom stereocenters. The van der Waals surface area contributed by atoms with Gasteiger partial charge in [-0.3, -0.25) is 0 Å². The lowest BCUT2D eigenvalue weighted by Crippen LogP contribution is -2.10. The Kier molecular flexibility index (Phi) is 4.27. The average molecular weight is 347 g/mol. The number of rotatable bonds is 1. The fourth-order valence-electron chi connectivity index (χ4n) is 1.67. The van der Waals surface area contributed by atoms with Crippen LogP contribution in [0.3, 0.4) is 0 Å². The van der Waals surface area contributed by atoms with Crippen LogP contribution in [0.2, 0.25) is 0 Å². The largest absolute Gasteiger partial charge is 0.377 e. The normalized spacial score (nSPS) is 9.50. The Morgan fingerprint density at radius 1 is 0.833 bits per heavy atom. The van der Waals surface area contributed by atoms with Crippen molar-refractivity contribution in [2.24, 2.45) is 0 Å². The summed E-state index contributed by atoms with van der Waals surface area (Å²) < 4.78 is 1.19. The second-order valence-corrected chi connectivity index (χ2v) is 5.30. The first-order valence-corrected chi connectivity index (χ1v) is 6.79. The van der Waals surface area contributed by atoms with E-state index in [1.807, 2.05) is 44.4 Å². The zero-order chi connectivity index (χ0) is 13.0. The smallest absolute Gasteiger partial charge is 0.0520 e. The van der Waals surface area contributed by atoms with Crippen molar-refractivity contribution in [2.75, 3.05) is 19.0 Å². The molecule has 2 aromatic carbocycles. The number of hydrogen-bond acceptors (Lipinski definition) is 1. The summed E-state index contributed by atoms with van der Waals surface area (Å²) in [6.45, 7) is 0. The Morgan fingerprint density at radius 2 is 1.39 bits per heavy atom. The van der Waals surface area contributed by atoms with Crippen molar-refractivity contribution in [3.63, 3.8) is 0 Å². The standard InChI is InChI=1S/C16H14IN/c1-18(2)16-10-6-4-8-14(16)12-11-13-7-3-5-9-15(13)17/h3-10H,1-2H3.